The molecule has 1 N–H and O–H groups in total. The first kappa shape index (κ1) is 23.5. The number of amides is 1. The topological polar surface area (TPSA) is 78.8 Å². The van der Waals surface area contributed by atoms with Gasteiger partial charge in [0.25, 0.3) is 5.91 Å². The van der Waals surface area contributed by atoms with Crippen LogP contribution in [0.2, 0.25) is 0 Å². The van der Waals surface area contributed by atoms with E-state index in [9.17, 15) is 13.2 Å². The summed E-state index contributed by atoms with van der Waals surface area (Å²) >= 11 is 0. The van der Waals surface area contributed by atoms with Gasteiger partial charge in [0.2, 0.25) is 10.0 Å². The summed E-state index contributed by atoms with van der Waals surface area (Å²) < 4.78 is 27.4. The van der Waals surface area contributed by atoms with Gasteiger partial charge < -0.3 is 5.32 Å². The number of nitrogens with one attached hydrogen (secondary N) is 1. The van der Waals surface area contributed by atoms with Crippen molar-refractivity contribution in [2.45, 2.75) is 69.7 Å². The van der Waals surface area contributed by atoms with E-state index in [1.165, 1.54) is 36.0 Å². The summed E-state index contributed by atoms with van der Waals surface area (Å²) in [4.78, 5) is 17.6. The molecule has 1 amide bonds. The highest BCUT2D eigenvalue weighted by Gasteiger charge is 2.48. The number of allylic oxidation sites excluding steroid dienone is 2. The molecule has 2 heterocycles. The number of unbranched alkanes of at least 4 members (excludes halogenated alkanes) is 1. The number of rotatable bonds is 7. The lowest BCUT2D eigenvalue weighted by Crippen LogP contribution is -2.50. The molecule has 0 radical (unpaired) electrons. The average Bonchev–Trinajstić information content (AvgIpc) is 3.45. The van der Waals surface area contributed by atoms with Crippen LogP contribution in [0.3, 0.4) is 0 Å². The van der Waals surface area contributed by atoms with E-state index in [0.717, 1.165) is 31.5 Å². The van der Waals surface area contributed by atoms with Gasteiger partial charge in [-0.3, -0.25) is 9.79 Å². The molecule has 6 nitrogen and oxygen atoms in total. The van der Waals surface area contributed by atoms with Crippen molar-refractivity contribution >= 4 is 33.9 Å². The second kappa shape index (κ2) is 9.78. The van der Waals surface area contributed by atoms with Gasteiger partial charge in [-0.05, 0) is 61.6 Å². The fourth-order valence-corrected chi connectivity index (χ4v) is 7.30. The summed E-state index contributed by atoms with van der Waals surface area (Å²) in [5, 5.41) is 3.05. The molecule has 0 atom stereocenters. The second-order valence-corrected chi connectivity index (χ2v) is 12.2. The van der Waals surface area contributed by atoms with Crippen LogP contribution in [0.5, 0.6) is 0 Å². The van der Waals surface area contributed by atoms with E-state index in [1.54, 1.807) is 4.31 Å². The number of amidine groups is 1. The summed E-state index contributed by atoms with van der Waals surface area (Å²) in [5.41, 5.74) is 3.06. The van der Waals surface area contributed by atoms with Crippen molar-refractivity contribution in [2.75, 3.05) is 18.8 Å². The fraction of sp³-hybridized carbons (Fsp3) is 0.556. The minimum absolute atomic E-state index is 0.0301. The van der Waals surface area contributed by atoms with Crippen molar-refractivity contribution < 1.29 is 13.2 Å². The molecule has 1 saturated heterocycles. The molecule has 0 unspecified atom stereocenters. The van der Waals surface area contributed by atoms with Crippen LogP contribution < -0.4 is 5.32 Å². The number of sulfonamides is 1. The zero-order valence-electron chi connectivity index (χ0n) is 19.8. The van der Waals surface area contributed by atoms with Crippen LogP contribution in [0.25, 0.3) is 12.2 Å². The van der Waals surface area contributed by atoms with Gasteiger partial charge in [-0.15, -0.1) is 0 Å². The number of hydrogen-bond donors (Lipinski definition) is 1. The Bertz CT molecular complexity index is 1120. The normalized spacial score (nSPS) is 22.9. The van der Waals surface area contributed by atoms with Crippen LogP contribution in [0.1, 0.15) is 74.5 Å². The Morgan fingerprint density at radius 2 is 1.94 bits per heavy atom. The van der Waals surface area contributed by atoms with Gasteiger partial charge >= 0.3 is 0 Å². The molecule has 1 spiro atoms. The van der Waals surface area contributed by atoms with Gasteiger partial charge in [-0.2, -0.15) is 0 Å². The molecule has 2 aliphatic heterocycles. The number of carbonyl (C=O) groups is 1. The van der Waals surface area contributed by atoms with E-state index in [-0.39, 0.29) is 11.7 Å². The number of piperidine rings is 1. The summed E-state index contributed by atoms with van der Waals surface area (Å²) in [5.74, 6) is 1.32. The summed E-state index contributed by atoms with van der Waals surface area (Å²) in [6.07, 6.45) is 17.6. The minimum atomic E-state index is -3.33. The van der Waals surface area contributed by atoms with Crippen LogP contribution in [-0.2, 0) is 21.2 Å². The number of benzene rings is 1. The Morgan fingerprint density at radius 1 is 1.15 bits per heavy atom. The lowest BCUT2D eigenvalue weighted by molar-refractivity contribution is -0.125. The molecule has 34 heavy (non-hydrogen) atoms. The van der Waals surface area contributed by atoms with Crippen molar-refractivity contribution in [3.05, 3.63) is 47.0 Å². The number of nitrogens with zero attached hydrogens (tertiary/aromatic N) is 2. The highest BCUT2D eigenvalue weighted by Crippen LogP contribution is 2.35. The molecule has 0 aromatic heterocycles. The Labute approximate surface area is 203 Å². The molecule has 7 heteroatoms. The maximum Gasteiger partial charge on any atom is 0.253 e. The highest BCUT2D eigenvalue weighted by atomic mass is 32.2. The van der Waals surface area contributed by atoms with Crippen LogP contribution in [0.15, 0.2) is 35.3 Å². The largest absolute Gasteiger partial charge is 0.312 e. The number of hydrogen-bond acceptors (Lipinski definition) is 4. The van der Waals surface area contributed by atoms with E-state index in [4.69, 9.17) is 4.99 Å². The van der Waals surface area contributed by atoms with Crippen molar-refractivity contribution in [1.29, 1.82) is 0 Å². The van der Waals surface area contributed by atoms with Gasteiger partial charge in [0.15, 0.2) is 0 Å². The molecular formula is C27H35N3O3S. The van der Waals surface area contributed by atoms with E-state index in [1.807, 2.05) is 0 Å². The third-order valence-corrected chi connectivity index (χ3v) is 9.81. The van der Waals surface area contributed by atoms with Gasteiger partial charge in [-0.25, -0.2) is 12.7 Å². The molecule has 0 bridgehead atoms. The third kappa shape index (κ3) is 4.78. The number of carbonyl (C=O) groups excluding carboxylic acids is 1. The summed E-state index contributed by atoms with van der Waals surface area (Å²) in [7, 11) is -3.33. The summed E-state index contributed by atoms with van der Waals surface area (Å²) in [6.45, 7) is 0.741. The summed E-state index contributed by atoms with van der Waals surface area (Å²) in [6, 6.07) is 6.33. The Morgan fingerprint density at radius 3 is 2.74 bits per heavy atom. The van der Waals surface area contributed by atoms with Crippen LogP contribution in [-0.4, -0.2) is 48.8 Å². The molecule has 2 aliphatic carbocycles. The fourth-order valence-electron chi connectivity index (χ4n) is 5.77. The molecule has 1 aromatic carbocycles. The molecule has 5 rings (SSSR count). The third-order valence-electron chi connectivity index (χ3n) is 7.86. The molecule has 1 saturated carbocycles. The standard InChI is InChI=1S/C27H35N3O3S/c31-26-27(29-25(28-26)23-10-3-1-4-11-23)16-18-30(19-17-27)34(32,33)20-6-2-5-9-21-12-7-13-22-14-8-15-24(21)22/h5,7-9,12-13,15,23H,1-4,6,10-11,14,16-20H2,(H,28,29,31)/b9-5+. The first-order chi connectivity index (χ1) is 16.5. The Balaban J connectivity index is 1.12. The highest BCUT2D eigenvalue weighted by molar-refractivity contribution is 7.89. The van der Waals surface area contributed by atoms with E-state index in [2.05, 4.69) is 47.8 Å². The van der Waals surface area contributed by atoms with Crippen molar-refractivity contribution in [1.82, 2.24) is 9.62 Å². The average molecular weight is 482 g/mol. The first-order valence-electron chi connectivity index (χ1n) is 12.8. The molecule has 182 valence electrons. The lowest BCUT2D eigenvalue weighted by atomic mass is 9.88. The van der Waals surface area contributed by atoms with Crippen molar-refractivity contribution in [3.8, 4) is 0 Å². The predicted molar refractivity (Wildman–Crippen MR) is 137 cm³/mol. The molecular weight excluding hydrogens is 446 g/mol. The van der Waals surface area contributed by atoms with Gasteiger partial charge in [0.05, 0.1) is 5.75 Å². The van der Waals surface area contributed by atoms with Crippen LogP contribution in [0, 0.1) is 5.92 Å². The molecule has 4 aliphatic rings. The van der Waals surface area contributed by atoms with E-state index >= 15 is 0 Å². The second-order valence-electron chi connectivity index (χ2n) is 10.1. The quantitative estimate of drug-likeness (QED) is 0.589. The van der Waals surface area contributed by atoms with Gasteiger partial charge in [0.1, 0.15) is 11.4 Å². The maximum absolute atomic E-state index is 12.9. The Kier molecular flexibility index (Phi) is 6.76. The monoisotopic (exact) mass is 481 g/mol. The first-order valence-corrected chi connectivity index (χ1v) is 14.4. The lowest BCUT2D eigenvalue weighted by Gasteiger charge is -2.34. The van der Waals surface area contributed by atoms with Crippen molar-refractivity contribution in [3.63, 3.8) is 0 Å². The van der Waals surface area contributed by atoms with E-state index in [0.29, 0.717) is 38.3 Å². The zero-order chi connectivity index (χ0) is 23.6. The van der Waals surface area contributed by atoms with Crippen LogP contribution in [0.4, 0.5) is 0 Å². The Hall–Kier alpha value is -2.25. The minimum Gasteiger partial charge on any atom is -0.312 e. The van der Waals surface area contributed by atoms with Crippen LogP contribution >= 0.6 is 0 Å². The predicted octanol–water partition coefficient (Wildman–Crippen LogP) is 4.32. The molecule has 2 fully saturated rings. The van der Waals surface area contributed by atoms with Gasteiger partial charge in [-0.1, -0.05) is 61.8 Å². The number of aliphatic imine (C=N–C) groups is 1. The molecule has 1 aromatic rings. The zero-order valence-corrected chi connectivity index (χ0v) is 20.7. The number of fused-ring (bicyclic) bond motifs is 1. The maximum atomic E-state index is 12.9. The smallest absolute Gasteiger partial charge is 0.253 e. The van der Waals surface area contributed by atoms with Gasteiger partial charge in [0, 0.05) is 19.0 Å². The SMILES string of the molecule is O=C1NC(C2CCCCC2)=NC12CCN(S(=O)(=O)CCC/C=C/c1cccc3c1C=CC3)CC2. The van der Waals surface area contributed by atoms with Crippen molar-refractivity contribution in [2.24, 2.45) is 10.9 Å². The van der Waals surface area contributed by atoms with E-state index < -0.39 is 15.6 Å².